The van der Waals surface area contributed by atoms with Crippen molar-refractivity contribution in [1.82, 2.24) is 0 Å². The number of nitro groups is 1. The number of amides is 2. The minimum atomic E-state index is -1.11. The number of ether oxygens (including phenoxy) is 1. The Kier molecular flexibility index (Phi) is 6.67. The SMILES string of the molecule is O=C1[C@@H]2[C@H](ON(c3ccccc3)[C@H]2c2ccc(OCc3ccccc3)cc2)C(=O)N1c1ccc(Cl)c([N+](=O)[O-])c1. The van der Waals surface area contributed by atoms with Gasteiger partial charge in [-0.25, -0.2) is 9.96 Å². The van der Waals surface area contributed by atoms with Crippen LogP contribution >= 0.6 is 11.6 Å². The van der Waals surface area contributed by atoms with Gasteiger partial charge in [0, 0.05) is 6.07 Å². The summed E-state index contributed by atoms with van der Waals surface area (Å²) in [6.45, 7) is 0.405. The maximum absolute atomic E-state index is 13.8. The van der Waals surface area contributed by atoms with Crippen molar-refractivity contribution < 1.29 is 24.1 Å². The lowest BCUT2D eigenvalue weighted by molar-refractivity contribution is -0.384. The summed E-state index contributed by atoms with van der Waals surface area (Å²) in [7, 11) is 0. The third-order valence-electron chi connectivity index (χ3n) is 6.98. The van der Waals surface area contributed by atoms with Gasteiger partial charge in [-0.1, -0.05) is 72.3 Å². The molecule has 0 unspecified atom stereocenters. The normalized spacial score (nSPS) is 20.1. The first-order chi connectivity index (χ1) is 19.4. The van der Waals surface area contributed by atoms with Crippen molar-refractivity contribution in [3.05, 3.63) is 129 Å². The first-order valence-corrected chi connectivity index (χ1v) is 12.9. The van der Waals surface area contributed by atoms with Crippen molar-refractivity contribution >= 4 is 40.5 Å². The second-order valence-corrected chi connectivity index (χ2v) is 9.81. The Hall–Kier alpha value is -4.73. The molecule has 2 amide bonds. The lowest BCUT2D eigenvalue weighted by atomic mass is 9.90. The van der Waals surface area contributed by atoms with Gasteiger partial charge in [-0.2, -0.15) is 0 Å². The number of nitrogens with zero attached hydrogens (tertiary/aromatic N) is 3. The summed E-state index contributed by atoms with van der Waals surface area (Å²) in [5, 5.41) is 12.9. The molecule has 4 aromatic rings. The van der Waals surface area contributed by atoms with Crippen molar-refractivity contribution in [3.63, 3.8) is 0 Å². The first kappa shape index (κ1) is 25.5. The number of fused-ring (bicyclic) bond motifs is 1. The average molecular weight is 556 g/mol. The molecule has 9 nitrogen and oxygen atoms in total. The highest BCUT2D eigenvalue weighted by Crippen LogP contribution is 2.48. The zero-order valence-electron chi connectivity index (χ0n) is 20.9. The number of para-hydroxylation sites is 1. The fraction of sp³-hybridized carbons (Fsp3) is 0.133. The van der Waals surface area contributed by atoms with Gasteiger partial charge in [0.15, 0.2) is 6.10 Å². The molecule has 2 aliphatic heterocycles. The van der Waals surface area contributed by atoms with E-state index in [4.69, 9.17) is 21.2 Å². The number of benzene rings is 4. The Morgan fingerprint density at radius 3 is 2.20 bits per heavy atom. The van der Waals surface area contributed by atoms with E-state index in [1.807, 2.05) is 84.9 Å². The number of carbonyl (C=O) groups excluding carboxylic acids is 2. The van der Waals surface area contributed by atoms with Crippen LogP contribution in [0, 0.1) is 16.0 Å². The molecule has 4 aromatic carbocycles. The predicted octanol–water partition coefficient (Wildman–Crippen LogP) is 5.88. The molecule has 0 radical (unpaired) electrons. The minimum absolute atomic E-state index is 0.0683. The van der Waals surface area contributed by atoms with Crippen LogP contribution in [0.5, 0.6) is 5.75 Å². The van der Waals surface area contributed by atoms with Crippen LogP contribution in [0.4, 0.5) is 17.1 Å². The maximum atomic E-state index is 13.8. The van der Waals surface area contributed by atoms with Crippen LogP contribution in [0.25, 0.3) is 0 Å². The fourth-order valence-corrected chi connectivity index (χ4v) is 5.28. The summed E-state index contributed by atoms with van der Waals surface area (Å²) in [5.74, 6) is -1.35. The van der Waals surface area contributed by atoms with Crippen LogP contribution in [0.2, 0.25) is 5.02 Å². The van der Waals surface area contributed by atoms with Crippen molar-refractivity contribution in [2.75, 3.05) is 9.96 Å². The molecule has 2 saturated heterocycles. The topological polar surface area (TPSA) is 102 Å². The van der Waals surface area contributed by atoms with Crippen LogP contribution in [-0.4, -0.2) is 22.8 Å². The number of hydrogen-bond acceptors (Lipinski definition) is 7. The van der Waals surface area contributed by atoms with Gasteiger partial charge in [0.1, 0.15) is 23.3 Å². The van der Waals surface area contributed by atoms with Gasteiger partial charge in [-0.05, 0) is 47.5 Å². The summed E-state index contributed by atoms with van der Waals surface area (Å²) in [4.78, 5) is 45.2. The summed E-state index contributed by atoms with van der Waals surface area (Å²) in [6.07, 6.45) is -1.11. The minimum Gasteiger partial charge on any atom is -0.489 e. The van der Waals surface area contributed by atoms with Crippen LogP contribution in [0.1, 0.15) is 17.2 Å². The van der Waals surface area contributed by atoms with Crippen molar-refractivity contribution in [3.8, 4) is 5.75 Å². The number of hydrogen-bond donors (Lipinski definition) is 0. The maximum Gasteiger partial charge on any atom is 0.289 e. The van der Waals surface area contributed by atoms with Crippen LogP contribution in [0.15, 0.2) is 103 Å². The van der Waals surface area contributed by atoms with Gasteiger partial charge in [-0.15, -0.1) is 0 Å². The Balaban J connectivity index is 1.32. The standard InChI is InChI=1S/C30H22ClN3O6/c31-24-16-13-22(17-25(24)34(37)38)32-29(35)26-27(33(40-28(26)30(32)36)21-9-5-2-6-10-21)20-11-14-23(15-12-20)39-18-19-7-3-1-4-8-19/h1-17,26-28H,18H2/t26-,27-,28-/m0/s1. The molecule has 0 spiro atoms. The van der Waals surface area contributed by atoms with Crippen molar-refractivity contribution in [2.45, 2.75) is 18.8 Å². The molecule has 6 rings (SSSR count). The van der Waals surface area contributed by atoms with E-state index in [0.717, 1.165) is 22.1 Å². The second-order valence-electron chi connectivity index (χ2n) is 9.41. The van der Waals surface area contributed by atoms with E-state index in [0.29, 0.717) is 18.0 Å². The quantitative estimate of drug-likeness (QED) is 0.159. The van der Waals surface area contributed by atoms with Gasteiger partial charge in [0.05, 0.1) is 22.3 Å². The van der Waals surface area contributed by atoms with Crippen LogP contribution < -0.4 is 14.7 Å². The van der Waals surface area contributed by atoms with Crippen LogP contribution in [-0.2, 0) is 21.0 Å². The Morgan fingerprint density at radius 2 is 1.52 bits per heavy atom. The lowest BCUT2D eigenvalue weighted by Gasteiger charge is -2.28. The van der Waals surface area contributed by atoms with Gasteiger partial charge >= 0.3 is 0 Å². The number of nitro benzene ring substituents is 1. The molecule has 10 heteroatoms. The van der Waals surface area contributed by atoms with Gasteiger partial charge in [0.2, 0.25) is 5.91 Å². The van der Waals surface area contributed by atoms with Crippen molar-refractivity contribution in [2.24, 2.45) is 5.92 Å². The third-order valence-corrected chi connectivity index (χ3v) is 7.30. The van der Waals surface area contributed by atoms with E-state index >= 15 is 0 Å². The molecule has 0 N–H and O–H groups in total. The van der Waals surface area contributed by atoms with E-state index < -0.39 is 40.5 Å². The smallest absolute Gasteiger partial charge is 0.289 e. The number of rotatable bonds is 7. The molecule has 200 valence electrons. The summed E-state index contributed by atoms with van der Waals surface area (Å²) in [6, 6.07) is 29.5. The molecule has 0 saturated carbocycles. The second kappa shape index (κ2) is 10.4. The van der Waals surface area contributed by atoms with E-state index in [9.17, 15) is 19.7 Å². The molecule has 3 atom stereocenters. The monoisotopic (exact) mass is 555 g/mol. The van der Waals surface area contributed by atoms with E-state index in [1.54, 1.807) is 5.06 Å². The summed E-state index contributed by atoms with van der Waals surface area (Å²) in [5.41, 5.74) is 2.13. The Morgan fingerprint density at radius 1 is 0.850 bits per heavy atom. The zero-order chi connectivity index (χ0) is 27.8. The molecule has 0 aliphatic carbocycles. The molecule has 0 bridgehead atoms. The highest BCUT2D eigenvalue weighted by Gasteiger charge is 2.60. The van der Waals surface area contributed by atoms with Crippen LogP contribution in [0.3, 0.4) is 0 Å². The first-order valence-electron chi connectivity index (χ1n) is 12.5. The molecular weight excluding hydrogens is 534 g/mol. The van der Waals surface area contributed by atoms with Crippen molar-refractivity contribution in [1.29, 1.82) is 0 Å². The molecule has 40 heavy (non-hydrogen) atoms. The number of anilines is 2. The lowest BCUT2D eigenvalue weighted by Crippen LogP contribution is -2.37. The van der Waals surface area contributed by atoms with Gasteiger partial charge < -0.3 is 4.74 Å². The number of halogens is 1. The predicted molar refractivity (Wildman–Crippen MR) is 148 cm³/mol. The number of carbonyl (C=O) groups is 2. The van der Waals surface area contributed by atoms with Gasteiger partial charge in [0.25, 0.3) is 11.6 Å². The molecule has 2 aliphatic rings. The molecular formula is C30H22ClN3O6. The molecule has 2 fully saturated rings. The number of imide groups is 1. The Labute approximate surface area is 234 Å². The molecule has 0 aromatic heterocycles. The largest absolute Gasteiger partial charge is 0.489 e. The summed E-state index contributed by atoms with van der Waals surface area (Å²) < 4.78 is 5.92. The van der Waals surface area contributed by atoms with E-state index in [2.05, 4.69) is 0 Å². The molecule has 2 heterocycles. The van der Waals surface area contributed by atoms with E-state index in [1.165, 1.54) is 12.1 Å². The zero-order valence-corrected chi connectivity index (χ0v) is 21.7. The Bertz CT molecular complexity index is 1580. The summed E-state index contributed by atoms with van der Waals surface area (Å²) >= 11 is 5.95. The van der Waals surface area contributed by atoms with Gasteiger partial charge in [-0.3, -0.25) is 24.5 Å². The average Bonchev–Trinajstić information content (AvgIpc) is 3.49. The van der Waals surface area contributed by atoms with E-state index in [-0.39, 0.29) is 10.7 Å². The number of hydroxylamine groups is 1. The fourth-order valence-electron chi connectivity index (χ4n) is 5.09. The third kappa shape index (κ3) is 4.55. The highest BCUT2D eigenvalue weighted by atomic mass is 35.5. The highest BCUT2D eigenvalue weighted by molar-refractivity contribution is 6.33.